The van der Waals surface area contributed by atoms with Gasteiger partial charge in [0.25, 0.3) is 0 Å². The molecule has 0 fully saturated rings. The van der Waals surface area contributed by atoms with Gasteiger partial charge in [0, 0.05) is 6.54 Å². The van der Waals surface area contributed by atoms with Crippen LogP contribution in [0.3, 0.4) is 0 Å². The quantitative estimate of drug-likeness (QED) is 0.509. The van der Waals surface area contributed by atoms with Gasteiger partial charge < -0.3 is 10.1 Å². The fraction of sp³-hybridized carbons (Fsp3) is 0.778. The van der Waals surface area contributed by atoms with Crippen LogP contribution in [0.15, 0.2) is 0 Å². The zero-order valence-corrected chi connectivity index (χ0v) is 8.42. The Morgan fingerprint density at radius 1 is 1.38 bits per heavy atom. The van der Waals surface area contributed by atoms with E-state index in [2.05, 4.69) is 10.1 Å². The highest BCUT2D eigenvalue weighted by atomic mass is 16.5. The Hall–Kier alpha value is -1.06. The van der Waals surface area contributed by atoms with E-state index >= 15 is 0 Å². The van der Waals surface area contributed by atoms with E-state index < -0.39 is 11.9 Å². The molecule has 0 rings (SSSR count). The molecule has 13 heavy (non-hydrogen) atoms. The molecule has 76 valence electrons. The number of hydrogen-bond donors (Lipinski definition) is 1. The van der Waals surface area contributed by atoms with Crippen LogP contribution in [0.2, 0.25) is 0 Å². The van der Waals surface area contributed by atoms with Gasteiger partial charge in [0.1, 0.15) is 5.92 Å². The zero-order chi connectivity index (χ0) is 10.3. The molecule has 1 unspecified atom stereocenters. The van der Waals surface area contributed by atoms with Gasteiger partial charge in [0.05, 0.1) is 7.11 Å². The summed E-state index contributed by atoms with van der Waals surface area (Å²) in [5.74, 6) is -1.36. The molecule has 1 atom stereocenters. The summed E-state index contributed by atoms with van der Waals surface area (Å²) in [6.45, 7) is 4.35. The minimum Gasteiger partial charge on any atom is -0.468 e. The van der Waals surface area contributed by atoms with Crippen molar-refractivity contribution in [3.8, 4) is 0 Å². The molecule has 0 heterocycles. The second-order valence-electron chi connectivity index (χ2n) is 2.78. The average Bonchev–Trinajstić information content (AvgIpc) is 2.15. The van der Waals surface area contributed by atoms with Gasteiger partial charge >= 0.3 is 5.97 Å². The van der Waals surface area contributed by atoms with Crippen molar-refractivity contribution in [3.63, 3.8) is 0 Å². The lowest BCUT2D eigenvalue weighted by Crippen LogP contribution is -2.36. The highest BCUT2D eigenvalue weighted by molar-refractivity contribution is 5.97. The van der Waals surface area contributed by atoms with Crippen LogP contribution < -0.4 is 5.32 Å². The third kappa shape index (κ3) is 3.92. The third-order valence-corrected chi connectivity index (χ3v) is 1.76. The summed E-state index contributed by atoms with van der Waals surface area (Å²) in [6, 6.07) is 0. The molecule has 0 aromatic rings. The fourth-order valence-corrected chi connectivity index (χ4v) is 0.973. The van der Waals surface area contributed by atoms with Crippen LogP contribution in [0.25, 0.3) is 0 Å². The Kier molecular flexibility index (Phi) is 5.93. The Morgan fingerprint density at radius 3 is 2.38 bits per heavy atom. The first-order chi connectivity index (χ1) is 6.17. The van der Waals surface area contributed by atoms with Crippen molar-refractivity contribution in [2.24, 2.45) is 5.92 Å². The Balaban J connectivity index is 4.07. The van der Waals surface area contributed by atoms with Gasteiger partial charge in [0.15, 0.2) is 0 Å². The summed E-state index contributed by atoms with van der Waals surface area (Å²) in [4.78, 5) is 22.4. The fourth-order valence-electron chi connectivity index (χ4n) is 0.973. The first-order valence-corrected chi connectivity index (χ1v) is 4.52. The maximum atomic E-state index is 11.3. The van der Waals surface area contributed by atoms with E-state index in [1.165, 1.54) is 7.11 Å². The van der Waals surface area contributed by atoms with Gasteiger partial charge in [-0.05, 0) is 12.8 Å². The van der Waals surface area contributed by atoms with Gasteiger partial charge in [-0.2, -0.15) is 0 Å². The number of amides is 1. The highest BCUT2D eigenvalue weighted by Crippen LogP contribution is 2.04. The monoisotopic (exact) mass is 187 g/mol. The number of carbonyl (C=O) groups excluding carboxylic acids is 2. The van der Waals surface area contributed by atoms with E-state index in [1.807, 2.05) is 6.92 Å². The van der Waals surface area contributed by atoms with Crippen molar-refractivity contribution in [2.45, 2.75) is 26.7 Å². The average molecular weight is 187 g/mol. The minimum atomic E-state index is -0.656. The van der Waals surface area contributed by atoms with E-state index in [4.69, 9.17) is 0 Å². The largest absolute Gasteiger partial charge is 0.468 e. The predicted molar refractivity (Wildman–Crippen MR) is 49.1 cm³/mol. The Labute approximate surface area is 78.6 Å². The summed E-state index contributed by atoms with van der Waals surface area (Å²) in [6.07, 6.45) is 1.34. The second-order valence-corrected chi connectivity index (χ2v) is 2.78. The molecule has 0 aliphatic carbocycles. The molecule has 1 amide bonds. The molecule has 0 aliphatic rings. The van der Waals surface area contributed by atoms with Crippen LogP contribution in [0, 0.1) is 5.92 Å². The van der Waals surface area contributed by atoms with Crippen molar-refractivity contribution in [2.75, 3.05) is 13.7 Å². The van der Waals surface area contributed by atoms with E-state index in [-0.39, 0.29) is 5.91 Å². The molecule has 0 saturated carbocycles. The number of hydrogen-bond acceptors (Lipinski definition) is 3. The Morgan fingerprint density at radius 2 is 2.00 bits per heavy atom. The van der Waals surface area contributed by atoms with E-state index in [9.17, 15) is 9.59 Å². The van der Waals surface area contributed by atoms with Crippen molar-refractivity contribution < 1.29 is 14.3 Å². The lowest BCUT2D eigenvalue weighted by molar-refractivity contribution is -0.150. The maximum Gasteiger partial charge on any atom is 0.318 e. The zero-order valence-electron chi connectivity index (χ0n) is 8.42. The van der Waals surface area contributed by atoms with Crippen LogP contribution in [-0.2, 0) is 14.3 Å². The molecule has 0 aromatic carbocycles. The topological polar surface area (TPSA) is 55.4 Å². The van der Waals surface area contributed by atoms with Gasteiger partial charge in [-0.15, -0.1) is 0 Å². The summed E-state index contributed by atoms with van der Waals surface area (Å²) in [7, 11) is 1.29. The van der Waals surface area contributed by atoms with Crippen LogP contribution in [0.1, 0.15) is 26.7 Å². The molecule has 0 saturated heterocycles. The molecule has 0 spiro atoms. The van der Waals surface area contributed by atoms with E-state index in [1.54, 1.807) is 6.92 Å². The number of nitrogens with one attached hydrogen (secondary N) is 1. The normalized spacial score (nSPS) is 11.9. The Bertz CT molecular complexity index is 180. The van der Waals surface area contributed by atoms with Gasteiger partial charge in [-0.25, -0.2) is 0 Å². The maximum absolute atomic E-state index is 11.3. The van der Waals surface area contributed by atoms with Gasteiger partial charge in [0.2, 0.25) is 5.91 Å². The highest BCUT2D eigenvalue weighted by Gasteiger charge is 2.24. The first-order valence-electron chi connectivity index (χ1n) is 4.52. The number of ether oxygens (including phenoxy) is 1. The number of esters is 1. The molecule has 0 bridgehead atoms. The van der Waals surface area contributed by atoms with E-state index in [0.29, 0.717) is 13.0 Å². The van der Waals surface area contributed by atoms with Gasteiger partial charge in [-0.1, -0.05) is 13.8 Å². The van der Waals surface area contributed by atoms with Crippen molar-refractivity contribution in [3.05, 3.63) is 0 Å². The molecule has 1 N–H and O–H groups in total. The standard InChI is InChI=1S/C9H17NO3/c1-4-6-10-8(11)7(5-2)9(12)13-3/h7H,4-6H2,1-3H3,(H,10,11). The summed E-state index contributed by atoms with van der Waals surface area (Å²) >= 11 is 0. The molecular weight excluding hydrogens is 170 g/mol. The van der Waals surface area contributed by atoms with Crippen molar-refractivity contribution in [1.29, 1.82) is 0 Å². The number of rotatable bonds is 5. The summed E-state index contributed by atoms with van der Waals surface area (Å²) in [5.41, 5.74) is 0. The van der Waals surface area contributed by atoms with Crippen LogP contribution in [0.4, 0.5) is 0 Å². The summed E-state index contributed by atoms with van der Waals surface area (Å²) in [5, 5.41) is 2.66. The smallest absolute Gasteiger partial charge is 0.318 e. The van der Waals surface area contributed by atoms with Gasteiger partial charge in [-0.3, -0.25) is 9.59 Å². The summed E-state index contributed by atoms with van der Waals surface area (Å²) < 4.78 is 4.50. The lowest BCUT2D eigenvalue weighted by atomic mass is 10.1. The molecule has 4 nitrogen and oxygen atoms in total. The SMILES string of the molecule is CCCNC(=O)C(CC)C(=O)OC. The molecular formula is C9H17NO3. The van der Waals surface area contributed by atoms with Crippen molar-refractivity contribution in [1.82, 2.24) is 5.32 Å². The van der Waals surface area contributed by atoms with Crippen molar-refractivity contribution >= 4 is 11.9 Å². The lowest BCUT2D eigenvalue weighted by Gasteiger charge is -2.11. The third-order valence-electron chi connectivity index (χ3n) is 1.76. The molecule has 0 aromatic heterocycles. The van der Waals surface area contributed by atoms with Crippen LogP contribution >= 0.6 is 0 Å². The molecule has 0 radical (unpaired) electrons. The predicted octanol–water partition coefficient (Wildman–Crippen LogP) is 0.712. The number of methoxy groups -OCH3 is 1. The minimum absolute atomic E-state index is 0.240. The van der Waals surface area contributed by atoms with Crippen LogP contribution in [0.5, 0.6) is 0 Å². The van der Waals surface area contributed by atoms with E-state index in [0.717, 1.165) is 6.42 Å². The molecule has 0 aliphatic heterocycles. The second kappa shape index (κ2) is 6.46. The molecule has 4 heteroatoms. The first kappa shape index (κ1) is 11.9. The number of carbonyl (C=O) groups is 2. The van der Waals surface area contributed by atoms with Crippen LogP contribution in [-0.4, -0.2) is 25.5 Å².